The fourth-order valence-corrected chi connectivity index (χ4v) is 1.94. The minimum Gasteiger partial charge on any atom is -0.253 e. The molecule has 0 bridgehead atoms. The highest BCUT2D eigenvalue weighted by molar-refractivity contribution is 9.10. The number of nitrogens with zero attached hydrogens (tertiary/aromatic N) is 4. The van der Waals surface area contributed by atoms with E-state index in [0.29, 0.717) is 0 Å². The summed E-state index contributed by atoms with van der Waals surface area (Å²) in [4.78, 5) is 0.734. The van der Waals surface area contributed by atoms with Gasteiger partial charge in [0, 0.05) is 6.07 Å². The maximum atomic E-state index is 12.3. The van der Waals surface area contributed by atoms with Crippen molar-refractivity contribution in [2.24, 2.45) is 0 Å². The first-order chi connectivity index (χ1) is 7.47. The van der Waals surface area contributed by atoms with Crippen molar-refractivity contribution in [2.75, 3.05) is 0 Å². The maximum absolute atomic E-state index is 12.3. The lowest BCUT2D eigenvalue weighted by Gasteiger charge is -2.01. The van der Waals surface area contributed by atoms with Crippen LogP contribution in [0.1, 0.15) is 10.6 Å². The van der Waals surface area contributed by atoms with Crippen molar-refractivity contribution in [1.29, 1.82) is 0 Å². The number of rotatable bonds is 2. The number of aromatic nitrogens is 4. The highest BCUT2D eigenvalue weighted by Gasteiger charge is 2.34. The van der Waals surface area contributed by atoms with Crippen molar-refractivity contribution in [3.05, 3.63) is 27.4 Å². The molecule has 0 fully saturated rings. The fraction of sp³-hybridized carbons (Fsp3) is 0.286. The molecule has 0 saturated heterocycles. The van der Waals surface area contributed by atoms with Crippen LogP contribution in [-0.4, -0.2) is 19.4 Å². The van der Waals surface area contributed by atoms with Crippen molar-refractivity contribution in [1.82, 2.24) is 19.4 Å². The van der Waals surface area contributed by atoms with Gasteiger partial charge in [-0.1, -0.05) is 4.49 Å². The summed E-state index contributed by atoms with van der Waals surface area (Å²) >= 11 is 4.14. The van der Waals surface area contributed by atoms with E-state index in [1.165, 1.54) is 10.9 Å². The van der Waals surface area contributed by atoms with Gasteiger partial charge in [-0.15, -0.1) is 5.10 Å². The predicted molar refractivity (Wildman–Crippen MR) is 53.9 cm³/mol. The van der Waals surface area contributed by atoms with E-state index in [-0.39, 0.29) is 11.1 Å². The summed E-state index contributed by atoms with van der Waals surface area (Å²) in [6, 6.07) is 0.939. The minimum absolute atomic E-state index is 0.217. The molecule has 0 saturated carbocycles. The number of hydrogen-bond acceptors (Lipinski definition) is 4. The number of hydrogen-bond donors (Lipinski definition) is 0. The van der Waals surface area contributed by atoms with Gasteiger partial charge in [-0.25, -0.2) is 0 Å². The monoisotopic (exact) mass is 312 g/mol. The second-order valence-corrected chi connectivity index (χ2v) is 4.57. The van der Waals surface area contributed by atoms with E-state index >= 15 is 0 Å². The molecule has 2 rings (SSSR count). The van der Waals surface area contributed by atoms with Crippen molar-refractivity contribution in [2.45, 2.75) is 12.7 Å². The van der Waals surface area contributed by atoms with Crippen LogP contribution < -0.4 is 0 Å². The van der Waals surface area contributed by atoms with Crippen LogP contribution in [0.25, 0.3) is 0 Å². The lowest BCUT2D eigenvalue weighted by Crippen LogP contribution is -2.08. The lowest BCUT2D eigenvalue weighted by atomic mass is 10.4. The van der Waals surface area contributed by atoms with E-state index in [1.807, 2.05) is 0 Å². The summed E-state index contributed by atoms with van der Waals surface area (Å²) in [6.45, 7) is 0.217. The molecule has 0 spiro atoms. The van der Waals surface area contributed by atoms with Gasteiger partial charge in [0.05, 0.1) is 17.6 Å². The first-order valence-corrected chi connectivity index (χ1v) is 5.60. The molecular weight excluding hydrogens is 309 g/mol. The van der Waals surface area contributed by atoms with Gasteiger partial charge < -0.3 is 0 Å². The molecule has 0 unspecified atom stereocenters. The first-order valence-electron chi connectivity index (χ1n) is 4.03. The Morgan fingerprint density at radius 1 is 1.44 bits per heavy atom. The Morgan fingerprint density at radius 2 is 2.19 bits per heavy atom. The van der Waals surface area contributed by atoms with E-state index < -0.39 is 11.9 Å². The summed E-state index contributed by atoms with van der Waals surface area (Å²) in [5.41, 5.74) is -0.920. The molecule has 2 heterocycles. The Kier molecular flexibility index (Phi) is 2.98. The molecule has 0 N–H and O–H groups in total. The summed E-state index contributed by atoms with van der Waals surface area (Å²) in [5.74, 6) is 0. The van der Waals surface area contributed by atoms with Gasteiger partial charge in [0.1, 0.15) is 4.60 Å². The Hall–Kier alpha value is -0.960. The molecule has 0 aliphatic rings. The van der Waals surface area contributed by atoms with Gasteiger partial charge in [-0.05, 0) is 27.5 Å². The molecule has 2 aromatic heterocycles. The van der Waals surface area contributed by atoms with Crippen LogP contribution in [0.15, 0.2) is 16.9 Å². The van der Waals surface area contributed by atoms with Crippen LogP contribution in [-0.2, 0) is 12.7 Å². The molecule has 0 atom stereocenters. The van der Waals surface area contributed by atoms with Crippen LogP contribution in [0.5, 0.6) is 0 Å². The van der Waals surface area contributed by atoms with E-state index in [9.17, 15) is 13.2 Å². The van der Waals surface area contributed by atoms with Gasteiger partial charge >= 0.3 is 6.18 Å². The van der Waals surface area contributed by atoms with Crippen LogP contribution in [0.2, 0.25) is 0 Å². The molecule has 16 heavy (non-hydrogen) atoms. The van der Waals surface area contributed by atoms with Gasteiger partial charge in [0.15, 0.2) is 5.69 Å². The van der Waals surface area contributed by atoms with Crippen LogP contribution >= 0.6 is 27.5 Å². The van der Waals surface area contributed by atoms with Crippen LogP contribution in [0.3, 0.4) is 0 Å². The Morgan fingerprint density at radius 3 is 2.69 bits per heavy atom. The summed E-state index contributed by atoms with van der Waals surface area (Å²) in [6.07, 6.45) is -2.94. The average Bonchev–Trinajstić information content (AvgIpc) is 2.76. The van der Waals surface area contributed by atoms with Crippen molar-refractivity contribution in [3.8, 4) is 0 Å². The van der Waals surface area contributed by atoms with Gasteiger partial charge in [-0.3, -0.25) is 4.68 Å². The lowest BCUT2D eigenvalue weighted by molar-refractivity contribution is -0.141. The molecule has 86 valence electrons. The topological polar surface area (TPSA) is 43.6 Å². The van der Waals surface area contributed by atoms with Gasteiger partial charge in [0.25, 0.3) is 0 Å². The average molecular weight is 313 g/mol. The number of alkyl halides is 3. The quantitative estimate of drug-likeness (QED) is 0.856. The molecular formula is C7H4BrF3N4S. The molecule has 2 aromatic rings. The third kappa shape index (κ3) is 2.40. The molecule has 4 nitrogen and oxygen atoms in total. The highest BCUT2D eigenvalue weighted by atomic mass is 79.9. The summed E-state index contributed by atoms with van der Waals surface area (Å²) in [5, 5.41) is 7.05. The molecule has 0 aromatic carbocycles. The Balaban J connectivity index is 2.26. The normalized spacial score (nSPS) is 12.0. The van der Waals surface area contributed by atoms with Crippen molar-refractivity contribution < 1.29 is 13.2 Å². The van der Waals surface area contributed by atoms with E-state index in [0.717, 1.165) is 22.5 Å². The Bertz CT molecular complexity index is 478. The predicted octanol–water partition coefficient (Wildman–Crippen LogP) is 2.56. The summed E-state index contributed by atoms with van der Waals surface area (Å²) < 4.78 is 42.1. The van der Waals surface area contributed by atoms with E-state index in [4.69, 9.17) is 0 Å². The molecule has 0 amide bonds. The molecule has 0 radical (unpaired) electrons. The zero-order valence-electron chi connectivity index (χ0n) is 7.57. The fourth-order valence-electron chi connectivity index (χ4n) is 1.05. The smallest absolute Gasteiger partial charge is 0.253 e. The SMILES string of the molecule is FC(F)(F)c1cc(Br)n(Cc2cnns2)n1. The largest absolute Gasteiger partial charge is 0.435 e. The van der Waals surface area contributed by atoms with Crippen LogP contribution in [0.4, 0.5) is 13.2 Å². The third-order valence-electron chi connectivity index (χ3n) is 1.73. The standard InChI is InChI=1S/C7H4BrF3N4S/c8-6-1-5(7(9,10)11)13-15(6)3-4-2-12-14-16-4/h1-2H,3H2. The highest BCUT2D eigenvalue weighted by Crippen LogP contribution is 2.30. The van der Waals surface area contributed by atoms with Crippen LogP contribution in [0, 0.1) is 0 Å². The molecule has 0 aliphatic carbocycles. The Labute approximate surface area is 100 Å². The van der Waals surface area contributed by atoms with E-state index in [2.05, 4.69) is 30.6 Å². The number of halogens is 4. The molecule has 0 aliphatic heterocycles. The zero-order chi connectivity index (χ0) is 11.8. The first kappa shape index (κ1) is 11.5. The minimum atomic E-state index is -4.43. The maximum Gasteiger partial charge on any atom is 0.435 e. The van der Waals surface area contributed by atoms with Crippen molar-refractivity contribution >= 4 is 27.5 Å². The van der Waals surface area contributed by atoms with Gasteiger partial charge in [0.2, 0.25) is 0 Å². The van der Waals surface area contributed by atoms with Gasteiger partial charge in [-0.2, -0.15) is 18.3 Å². The second kappa shape index (κ2) is 4.13. The van der Waals surface area contributed by atoms with Crippen molar-refractivity contribution in [3.63, 3.8) is 0 Å². The summed E-state index contributed by atoms with van der Waals surface area (Å²) in [7, 11) is 0. The zero-order valence-corrected chi connectivity index (χ0v) is 9.97. The molecule has 9 heteroatoms. The second-order valence-electron chi connectivity index (χ2n) is 2.89. The van der Waals surface area contributed by atoms with E-state index in [1.54, 1.807) is 0 Å². The third-order valence-corrected chi connectivity index (χ3v) is 3.02.